The molecule has 1 fully saturated rings. The van der Waals surface area contributed by atoms with E-state index in [-0.39, 0.29) is 5.60 Å². The van der Waals surface area contributed by atoms with Gasteiger partial charge in [0.2, 0.25) is 5.95 Å². The Labute approximate surface area is 111 Å². The fraction of sp³-hybridized carbons (Fsp3) is 0.538. The van der Waals surface area contributed by atoms with Gasteiger partial charge in [0.05, 0.1) is 6.61 Å². The van der Waals surface area contributed by atoms with Gasteiger partial charge in [-0.1, -0.05) is 6.07 Å². The number of nitrogens with zero attached hydrogens (tertiary/aromatic N) is 3. The van der Waals surface area contributed by atoms with Gasteiger partial charge in [-0.05, 0) is 18.6 Å². The minimum absolute atomic E-state index is 0.257. The smallest absolute Gasteiger partial charge is 0.243 e. The summed E-state index contributed by atoms with van der Waals surface area (Å²) in [6, 6.07) is 3.98. The highest BCUT2D eigenvalue weighted by Gasteiger charge is 2.35. The monoisotopic (exact) mass is 262 g/mol. The van der Waals surface area contributed by atoms with Crippen molar-refractivity contribution in [3.63, 3.8) is 0 Å². The number of ether oxygens (including phenoxy) is 2. The molecule has 0 aliphatic carbocycles. The number of aromatic nitrogens is 3. The molecular weight excluding hydrogens is 244 g/mol. The zero-order chi connectivity index (χ0) is 13.3. The average molecular weight is 262 g/mol. The SMILES string of the molecule is COC1(CNc2nc3c(C)cccn3n2)CCOC1. The Morgan fingerprint density at radius 3 is 3.16 bits per heavy atom. The van der Waals surface area contributed by atoms with E-state index >= 15 is 0 Å². The third-order valence-corrected chi connectivity index (χ3v) is 3.63. The molecule has 0 amide bonds. The van der Waals surface area contributed by atoms with E-state index in [1.54, 1.807) is 11.6 Å². The maximum absolute atomic E-state index is 5.57. The number of rotatable bonds is 4. The number of anilines is 1. The first-order chi connectivity index (χ1) is 9.22. The summed E-state index contributed by atoms with van der Waals surface area (Å²) in [4.78, 5) is 4.48. The van der Waals surface area contributed by atoms with Crippen molar-refractivity contribution in [2.24, 2.45) is 0 Å². The second-order valence-corrected chi connectivity index (χ2v) is 4.94. The predicted molar refractivity (Wildman–Crippen MR) is 71.4 cm³/mol. The second kappa shape index (κ2) is 4.79. The van der Waals surface area contributed by atoms with E-state index in [2.05, 4.69) is 15.4 Å². The van der Waals surface area contributed by atoms with Crippen LogP contribution in [0.3, 0.4) is 0 Å². The first-order valence-electron chi connectivity index (χ1n) is 6.41. The quantitative estimate of drug-likeness (QED) is 0.898. The van der Waals surface area contributed by atoms with Crippen molar-refractivity contribution in [2.45, 2.75) is 18.9 Å². The number of hydrogen-bond donors (Lipinski definition) is 1. The molecule has 102 valence electrons. The van der Waals surface area contributed by atoms with Crippen molar-refractivity contribution in [3.8, 4) is 0 Å². The van der Waals surface area contributed by atoms with Gasteiger partial charge in [0, 0.05) is 32.9 Å². The molecule has 1 saturated heterocycles. The summed E-state index contributed by atoms with van der Waals surface area (Å²) in [7, 11) is 1.72. The fourth-order valence-electron chi connectivity index (χ4n) is 2.32. The lowest BCUT2D eigenvalue weighted by atomic mass is 10.0. The van der Waals surface area contributed by atoms with Crippen LogP contribution in [0.15, 0.2) is 18.3 Å². The molecule has 1 aliphatic heterocycles. The summed E-state index contributed by atoms with van der Waals surface area (Å²) in [5.41, 5.74) is 1.72. The van der Waals surface area contributed by atoms with Crippen LogP contribution in [-0.2, 0) is 9.47 Å². The van der Waals surface area contributed by atoms with Crippen molar-refractivity contribution >= 4 is 11.6 Å². The van der Waals surface area contributed by atoms with Crippen LogP contribution in [0.1, 0.15) is 12.0 Å². The van der Waals surface area contributed by atoms with E-state index in [0.29, 0.717) is 19.1 Å². The number of fused-ring (bicyclic) bond motifs is 1. The van der Waals surface area contributed by atoms with Gasteiger partial charge in [-0.25, -0.2) is 4.52 Å². The lowest BCUT2D eigenvalue weighted by molar-refractivity contribution is -0.00630. The molecule has 0 aromatic carbocycles. The Morgan fingerprint density at radius 2 is 2.47 bits per heavy atom. The van der Waals surface area contributed by atoms with Gasteiger partial charge < -0.3 is 14.8 Å². The van der Waals surface area contributed by atoms with E-state index in [0.717, 1.165) is 24.2 Å². The number of pyridine rings is 1. The van der Waals surface area contributed by atoms with Crippen LogP contribution in [0.4, 0.5) is 5.95 Å². The molecule has 0 bridgehead atoms. The molecule has 19 heavy (non-hydrogen) atoms. The summed E-state index contributed by atoms with van der Waals surface area (Å²) in [6.45, 7) is 4.03. The van der Waals surface area contributed by atoms with Crippen LogP contribution in [0.2, 0.25) is 0 Å². The molecule has 3 rings (SSSR count). The Balaban J connectivity index is 1.76. The number of nitrogens with one attached hydrogen (secondary N) is 1. The highest BCUT2D eigenvalue weighted by Crippen LogP contribution is 2.22. The van der Waals surface area contributed by atoms with Gasteiger partial charge in [0.15, 0.2) is 5.65 Å². The van der Waals surface area contributed by atoms with E-state index in [1.165, 1.54) is 0 Å². The largest absolute Gasteiger partial charge is 0.378 e. The second-order valence-electron chi connectivity index (χ2n) is 4.94. The molecule has 0 spiro atoms. The highest BCUT2D eigenvalue weighted by atomic mass is 16.5. The molecule has 2 aromatic rings. The predicted octanol–water partition coefficient (Wildman–Crippen LogP) is 1.26. The van der Waals surface area contributed by atoms with Gasteiger partial charge in [0.25, 0.3) is 0 Å². The molecule has 2 aromatic heterocycles. The third kappa shape index (κ3) is 2.29. The highest BCUT2D eigenvalue weighted by molar-refractivity contribution is 5.49. The third-order valence-electron chi connectivity index (χ3n) is 3.63. The first kappa shape index (κ1) is 12.4. The Morgan fingerprint density at radius 1 is 1.58 bits per heavy atom. The molecule has 1 unspecified atom stereocenters. The number of methoxy groups -OCH3 is 1. The molecule has 1 atom stereocenters. The molecule has 3 heterocycles. The Hall–Kier alpha value is -1.66. The average Bonchev–Trinajstić information content (AvgIpc) is 3.04. The van der Waals surface area contributed by atoms with Crippen LogP contribution in [0.25, 0.3) is 5.65 Å². The van der Waals surface area contributed by atoms with E-state index in [4.69, 9.17) is 9.47 Å². The van der Waals surface area contributed by atoms with Gasteiger partial charge in [0.1, 0.15) is 5.60 Å². The van der Waals surface area contributed by atoms with Gasteiger partial charge in [-0.3, -0.25) is 0 Å². The maximum Gasteiger partial charge on any atom is 0.243 e. The zero-order valence-electron chi connectivity index (χ0n) is 11.2. The molecule has 0 saturated carbocycles. The Kier molecular flexibility index (Phi) is 3.12. The normalized spacial score (nSPS) is 23.1. The summed E-state index contributed by atoms with van der Waals surface area (Å²) < 4.78 is 12.8. The lowest BCUT2D eigenvalue weighted by Gasteiger charge is -2.25. The molecule has 1 aliphatic rings. The van der Waals surface area contributed by atoms with Crippen LogP contribution < -0.4 is 5.32 Å². The van der Waals surface area contributed by atoms with Crippen LogP contribution in [-0.4, -0.2) is 47.1 Å². The van der Waals surface area contributed by atoms with Crippen LogP contribution in [0.5, 0.6) is 0 Å². The van der Waals surface area contributed by atoms with Gasteiger partial charge in [-0.15, -0.1) is 5.10 Å². The number of aryl methyl sites for hydroxylation is 1. The van der Waals surface area contributed by atoms with Crippen molar-refractivity contribution in [1.29, 1.82) is 0 Å². The van der Waals surface area contributed by atoms with Gasteiger partial charge >= 0.3 is 0 Å². The molecule has 6 heteroatoms. The minimum Gasteiger partial charge on any atom is -0.378 e. The summed E-state index contributed by atoms with van der Waals surface area (Å²) >= 11 is 0. The molecular formula is C13H18N4O2. The first-order valence-corrected chi connectivity index (χ1v) is 6.41. The number of hydrogen-bond acceptors (Lipinski definition) is 5. The van der Waals surface area contributed by atoms with Gasteiger partial charge in [-0.2, -0.15) is 4.98 Å². The van der Waals surface area contributed by atoms with Crippen molar-refractivity contribution in [2.75, 3.05) is 32.2 Å². The minimum atomic E-state index is -0.257. The Bertz CT molecular complexity index is 575. The summed E-state index contributed by atoms with van der Waals surface area (Å²) in [5, 5.41) is 7.64. The van der Waals surface area contributed by atoms with E-state index in [1.807, 2.05) is 25.3 Å². The summed E-state index contributed by atoms with van der Waals surface area (Å²) in [5.74, 6) is 0.623. The molecule has 6 nitrogen and oxygen atoms in total. The molecule has 0 radical (unpaired) electrons. The van der Waals surface area contributed by atoms with Crippen molar-refractivity contribution < 1.29 is 9.47 Å². The topological polar surface area (TPSA) is 60.7 Å². The zero-order valence-corrected chi connectivity index (χ0v) is 11.2. The van der Waals surface area contributed by atoms with Crippen molar-refractivity contribution in [1.82, 2.24) is 14.6 Å². The maximum atomic E-state index is 5.57. The molecule has 1 N–H and O–H groups in total. The van der Waals surface area contributed by atoms with Crippen molar-refractivity contribution in [3.05, 3.63) is 23.9 Å². The van der Waals surface area contributed by atoms with E-state index in [9.17, 15) is 0 Å². The standard InChI is InChI=1S/C13H18N4O2/c1-10-4-3-6-17-11(10)15-12(16-17)14-8-13(18-2)5-7-19-9-13/h3-4,6H,5,7-9H2,1-2H3,(H,14,16). The lowest BCUT2D eigenvalue weighted by Crippen LogP contribution is -2.39. The van der Waals surface area contributed by atoms with Crippen LogP contribution >= 0.6 is 0 Å². The van der Waals surface area contributed by atoms with Crippen LogP contribution in [0, 0.1) is 6.92 Å². The summed E-state index contributed by atoms with van der Waals surface area (Å²) in [6.07, 6.45) is 2.79. The van der Waals surface area contributed by atoms with E-state index < -0.39 is 0 Å². The fourth-order valence-corrected chi connectivity index (χ4v) is 2.32.